The molecular weight excluding hydrogens is 465 g/mol. The first-order valence-electron chi connectivity index (χ1n) is 12.4. The standard InChI is InChI=1S/C28H35ClFN3O2/c1-28(2,3)14-25(34)31-24(19-8-5-4-6-9-19)12-13-32-15-20-17-33(18-21(20)16-32)27(35)26-22(29)10-7-11-23(26)30/h4-11,20-21,24H,12-18H2,1-3H3,(H,31,34)/t20?,21?,24-/m0/s1. The lowest BCUT2D eigenvalue weighted by Gasteiger charge is -2.26. The summed E-state index contributed by atoms with van der Waals surface area (Å²) in [5, 5.41) is 3.41. The molecular formula is C28H35ClFN3O2. The molecule has 0 bridgehead atoms. The minimum absolute atomic E-state index is 0.0253. The van der Waals surface area contributed by atoms with Crippen LogP contribution in [0.2, 0.25) is 5.02 Å². The van der Waals surface area contributed by atoms with E-state index in [1.54, 1.807) is 11.0 Å². The summed E-state index contributed by atoms with van der Waals surface area (Å²) in [6.07, 6.45) is 1.31. The van der Waals surface area contributed by atoms with Crippen LogP contribution in [0.4, 0.5) is 4.39 Å². The van der Waals surface area contributed by atoms with Gasteiger partial charge in [-0.1, -0.05) is 68.8 Å². The van der Waals surface area contributed by atoms with Gasteiger partial charge in [0, 0.05) is 39.1 Å². The third-order valence-electron chi connectivity index (χ3n) is 6.99. The van der Waals surface area contributed by atoms with Gasteiger partial charge < -0.3 is 15.1 Å². The number of nitrogens with zero attached hydrogens (tertiary/aromatic N) is 2. The molecule has 0 spiro atoms. The van der Waals surface area contributed by atoms with Crippen molar-refractivity contribution < 1.29 is 14.0 Å². The Labute approximate surface area is 212 Å². The van der Waals surface area contributed by atoms with Crippen molar-refractivity contribution >= 4 is 23.4 Å². The predicted octanol–water partition coefficient (Wildman–Crippen LogP) is 5.17. The maximum Gasteiger partial charge on any atom is 0.258 e. The van der Waals surface area contributed by atoms with Crippen molar-refractivity contribution in [3.63, 3.8) is 0 Å². The highest BCUT2D eigenvalue weighted by atomic mass is 35.5. The van der Waals surface area contributed by atoms with Crippen molar-refractivity contribution in [2.45, 2.75) is 39.7 Å². The van der Waals surface area contributed by atoms with Crippen molar-refractivity contribution in [1.82, 2.24) is 15.1 Å². The molecule has 2 aromatic carbocycles. The maximum atomic E-state index is 14.2. The molecule has 188 valence electrons. The molecule has 7 heteroatoms. The number of carbonyl (C=O) groups is 2. The first-order valence-corrected chi connectivity index (χ1v) is 12.8. The van der Waals surface area contributed by atoms with E-state index in [-0.39, 0.29) is 33.9 Å². The van der Waals surface area contributed by atoms with E-state index in [4.69, 9.17) is 11.6 Å². The second-order valence-electron chi connectivity index (χ2n) is 11.1. The smallest absolute Gasteiger partial charge is 0.258 e. The second-order valence-corrected chi connectivity index (χ2v) is 11.6. The van der Waals surface area contributed by atoms with Gasteiger partial charge in [-0.2, -0.15) is 0 Å². The quantitative estimate of drug-likeness (QED) is 0.572. The number of halogens is 2. The molecule has 3 atom stereocenters. The molecule has 4 rings (SSSR count). The van der Waals surface area contributed by atoms with Gasteiger partial charge in [0.05, 0.1) is 16.6 Å². The average molecular weight is 500 g/mol. The summed E-state index contributed by atoms with van der Waals surface area (Å²) in [5.74, 6) is -0.0719. The Bertz CT molecular complexity index is 1020. The van der Waals surface area contributed by atoms with E-state index >= 15 is 0 Å². The molecule has 2 amide bonds. The molecule has 2 unspecified atom stereocenters. The molecule has 2 aliphatic heterocycles. The number of likely N-dealkylation sites (tertiary alicyclic amines) is 2. The van der Waals surface area contributed by atoms with Crippen LogP contribution in [0.5, 0.6) is 0 Å². The third-order valence-corrected chi connectivity index (χ3v) is 7.30. The summed E-state index contributed by atoms with van der Waals surface area (Å²) in [4.78, 5) is 29.8. The molecule has 0 radical (unpaired) electrons. The van der Waals surface area contributed by atoms with Gasteiger partial charge in [-0.3, -0.25) is 9.59 Å². The van der Waals surface area contributed by atoms with Crippen LogP contribution in [0.3, 0.4) is 0 Å². The number of rotatable bonds is 7. The monoisotopic (exact) mass is 499 g/mol. The SMILES string of the molecule is CC(C)(C)CC(=O)N[C@@H](CCN1CC2CN(C(=O)c3c(F)cccc3Cl)CC2C1)c1ccccc1. The van der Waals surface area contributed by atoms with Gasteiger partial charge >= 0.3 is 0 Å². The van der Waals surface area contributed by atoms with Crippen molar-refractivity contribution in [2.24, 2.45) is 17.3 Å². The topological polar surface area (TPSA) is 52.7 Å². The van der Waals surface area contributed by atoms with Gasteiger partial charge in [-0.05, 0) is 41.4 Å². The highest BCUT2D eigenvalue weighted by Gasteiger charge is 2.42. The van der Waals surface area contributed by atoms with Crippen LogP contribution in [0.25, 0.3) is 0 Å². The highest BCUT2D eigenvalue weighted by Crippen LogP contribution is 2.34. The zero-order chi connectivity index (χ0) is 25.2. The lowest BCUT2D eigenvalue weighted by molar-refractivity contribution is -0.123. The van der Waals surface area contributed by atoms with Crippen molar-refractivity contribution in [2.75, 3.05) is 32.7 Å². The van der Waals surface area contributed by atoms with Crippen LogP contribution in [0.1, 0.15) is 55.6 Å². The summed E-state index contributed by atoms with van der Waals surface area (Å²) < 4.78 is 14.2. The van der Waals surface area contributed by atoms with Crippen LogP contribution in [-0.2, 0) is 4.79 Å². The molecule has 2 saturated heterocycles. The fourth-order valence-corrected chi connectivity index (χ4v) is 5.59. The van der Waals surface area contributed by atoms with Crippen molar-refractivity contribution in [1.29, 1.82) is 0 Å². The normalized spacial score (nSPS) is 21.1. The van der Waals surface area contributed by atoms with Crippen LogP contribution in [0.15, 0.2) is 48.5 Å². The second kappa shape index (κ2) is 10.7. The summed E-state index contributed by atoms with van der Waals surface area (Å²) in [5.41, 5.74) is 1.03. The zero-order valence-electron chi connectivity index (χ0n) is 20.8. The van der Waals surface area contributed by atoms with E-state index in [0.29, 0.717) is 31.3 Å². The Morgan fingerprint density at radius 2 is 1.69 bits per heavy atom. The maximum absolute atomic E-state index is 14.2. The Morgan fingerprint density at radius 3 is 2.29 bits per heavy atom. The zero-order valence-corrected chi connectivity index (χ0v) is 21.5. The van der Waals surface area contributed by atoms with Gasteiger partial charge in [0.25, 0.3) is 5.91 Å². The molecule has 0 aliphatic carbocycles. The number of amides is 2. The molecule has 2 aliphatic rings. The molecule has 2 aromatic rings. The number of hydrogen-bond acceptors (Lipinski definition) is 3. The molecule has 2 fully saturated rings. The van der Waals surface area contributed by atoms with Gasteiger partial charge in [0.1, 0.15) is 5.82 Å². The van der Waals surface area contributed by atoms with E-state index in [1.165, 1.54) is 12.1 Å². The summed E-state index contributed by atoms with van der Waals surface area (Å²) in [6, 6.07) is 14.4. The molecule has 2 heterocycles. The molecule has 35 heavy (non-hydrogen) atoms. The largest absolute Gasteiger partial charge is 0.349 e. The van der Waals surface area contributed by atoms with E-state index in [0.717, 1.165) is 31.6 Å². The highest BCUT2D eigenvalue weighted by molar-refractivity contribution is 6.33. The Kier molecular flexibility index (Phi) is 7.82. The summed E-state index contributed by atoms with van der Waals surface area (Å²) in [7, 11) is 0. The lowest BCUT2D eigenvalue weighted by Crippen LogP contribution is -2.36. The van der Waals surface area contributed by atoms with Crippen molar-refractivity contribution in [3.8, 4) is 0 Å². The number of benzene rings is 2. The lowest BCUT2D eigenvalue weighted by atomic mass is 9.91. The van der Waals surface area contributed by atoms with E-state index < -0.39 is 5.82 Å². The first-order chi connectivity index (χ1) is 16.6. The van der Waals surface area contributed by atoms with Gasteiger partial charge in [0.15, 0.2) is 0 Å². The Morgan fingerprint density at radius 1 is 1.03 bits per heavy atom. The number of fused-ring (bicyclic) bond motifs is 1. The molecule has 0 aromatic heterocycles. The number of carbonyl (C=O) groups excluding carboxylic acids is 2. The van der Waals surface area contributed by atoms with Crippen LogP contribution in [0, 0.1) is 23.1 Å². The predicted molar refractivity (Wildman–Crippen MR) is 137 cm³/mol. The van der Waals surface area contributed by atoms with Gasteiger partial charge in [-0.15, -0.1) is 0 Å². The minimum atomic E-state index is -0.568. The third kappa shape index (κ3) is 6.42. The van der Waals surface area contributed by atoms with Crippen LogP contribution >= 0.6 is 11.6 Å². The average Bonchev–Trinajstić information content (AvgIpc) is 3.35. The minimum Gasteiger partial charge on any atom is -0.349 e. The first kappa shape index (κ1) is 25.6. The summed E-state index contributed by atoms with van der Waals surface area (Å²) >= 11 is 6.11. The van der Waals surface area contributed by atoms with E-state index in [2.05, 4.69) is 43.1 Å². The molecule has 5 nitrogen and oxygen atoms in total. The number of hydrogen-bond donors (Lipinski definition) is 1. The number of nitrogens with one attached hydrogen (secondary N) is 1. The van der Waals surface area contributed by atoms with E-state index in [9.17, 15) is 14.0 Å². The van der Waals surface area contributed by atoms with Gasteiger partial charge in [-0.25, -0.2) is 4.39 Å². The summed E-state index contributed by atoms with van der Waals surface area (Å²) in [6.45, 7) is 10.1. The van der Waals surface area contributed by atoms with Crippen LogP contribution in [-0.4, -0.2) is 54.3 Å². The van der Waals surface area contributed by atoms with E-state index in [1.807, 2.05) is 18.2 Å². The molecule has 1 N–H and O–H groups in total. The van der Waals surface area contributed by atoms with Crippen molar-refractivity contribution in [3.05, 3.63) is 70.5 Å². The Balaban J connectivity index is 1.33. The van der Waals surface area contributed by atoms with Gasteiger partial charge in [0.2, 0.25) is 5.91 Å². The Hall–Kier alpha value is -2.44. The fraction of sp³-hybridized carbons (Fsp3) is 0.500. The van der Waals surface area contributed by atoms with Crippen LogP contribution < -0.4 is 5.32 Å². The fourth-order valence-electron chi connectivity index (χ4n) is 5.35. The molecule has 0 saturated carbocycles.